The summed E-state index contributed by atoms with van der Waals surface area (Å²) in [6, 6.07) is 5.56. The molecule has 0 saturated carbocycles. The molecule has 0 aromatic heterocycles. The molecule has 230 valence electrons. The predicted molar refractivity (Wildman–Crippen MR) is 161 cm³/mol. The zero-order chi connectivity index (χ0) is 31.1. The molecule has 1 amide bonds. The molecular formula is C32H40Cl2F2N2O4. The maximum atomic E-state index is 16.0. The first kappa shape index (κ1) is 32.8. The summed E-state index contributed by atoms with van der Waals surface area (Å²) >= 11 is 12.4. The fourth-order valence-corrected chi connectivity index (χ4v) is 7.89. The fraction of sp³-hybridized carbons (Fsp3) is 0.562. The highest BCUT2D eigenvalue weighted by atomic mass is 35.5. The number of likely N-dealkylation sites (N-methyl/N-ethyl adjacent to an activating group) is 1. The van der Waals surface area contributed by atoms with Crippen LogP contribution in [0.15, 0.2) is 30.3 Å². The van der Waals surface area contributed by atoms with Gasteiger partial charge in [-0.05, 0) is 73.4 Å². The lowest BCUT2D eigenvalue weighted by atomic mass is 9.61. The largest absolute Gasteiger partial charge is 0.394 e. The number of rotatable bonds is 11. The zero-order valence-corrected chi connectivity index (χ0v) is 26.2. The number of carbonyl (C=O) groups is 2. The van der Waals surface area contributed by atoms with Crippen LogP contribution >= 0.6 is 23.2 Å². The Hall–Kier alpha value is -2.10. The minimum Gasteiger partial charge on any atom is -0.394 e. The van der Waals surface area contributed by atoms with E-state index in [0.717, 1.165) is 6.42 Å². The van der Waals surface area contributed by atoms with Crippen LogP contribution in [0.25, 0.3) is 0 Å². The van der Waals surface area contributed by atoms with E-state index in [-0.39, 0.29) is 39.6 Å². The van der Waals surface area contributed by atoms with Gasteiger partial charge in [0, 0.05) is 24.1 Å². The number of benzene rings is 2. The van der Waals surface area contributed by atoms with Gasteiger partial charge in [-0.25, -0.2) is 8.78 Å². The SMILES string of the molecule is CC(C)CC(C)(C)C[C@H]1N(C)[C@@H](C(=O)CCC[C@H](O)CO)[C@H](c2cccc(Cl)c2F)[C@@]12C(=O)Nc1cc(Cl)c(F)cc12. The quantitative estimate of drug-likeness (QED) is 0.266. The lowest BCUT2D eigenvalue weighted by Crippen LogP contribution is -2.50. The number of aliphatic hydroxyl groups excluding tert-OH is 2. The van der Waals surface area contributed by atoms with E-state index in [4.69, 9.17) is 23.2 Å². The maximum Gasteiger partial charge on any atom is 0.237 e. The number of likely N-dealkylation sites (tertiary alicyclic amines) is 1. The van der Waals surface area contributed by atoms with Crippen LogP contribution in [0.3, 0.4) is 0 Å². The van der Waals surface area contributed by atoms with E-state index in [2.05, 4.69) is 33.0 Å². The summed E-state index contributed by atoms with van der Waals surface area (Å²) in [4.78, 5) is 30.4. The molecule has 2 aromatic carbocycles. The van der Waals surface area contributed by atoms with Gasteiger partial charge in [0.2, 0.25) is 5.91 Å². The summed E-state index contributed by atoms with van der Waals surface area (Å²) < 4.78 is 31.2. The third-order valence-corrected chi connectivity index (χ3v) is 9.50. The first-order valence-corrected chi connectivity index (χ1v) is 15.2. The molecule has 0 aliphatic carbocycles. The lowest BCUT2D eigenvalue weighted by molar-refractivity contribution is -0.124. The lowest BCUT2D eigenvalue weighted by Gasteiger charge is -2.40. The topological polar surface area (TPSA) is 89.9 Å². The van der Waals surface area contributed by atoms with Crippen LogP contribution in [0.1, 0.15) is 76.8 Å². The van der Waals surface area contributed by atoms with E-state index in [1.165, 1.54) is 24.3 Å². The summed E-state index contributed by atoms with van der Waals surface area (Å²) in [6.45, 7) is 8.01. The molecule has 1 saturated heterocycles. The number of ketones is 1. The van der Waals surface area contributed by atoms with E-state index in [0.29, 0.717) is 30.0 Å². The van der Waals surface area contributed by atoms with Crippen molar-refractivity contribution in [2.24, 2.45) is 11.3 Å². The molecule has 0 radical (unpaired) electrons. The van der Waals surface area contributed by atoms with Crippen LogP contribution in [-0.2, 0) is 15.0 Å². The second kappa shape index (κ2) is 12.5. The zero-order valence-electron chi connectivity index (χ0n) is 24.7. The van der Waals surface area contributed by atoms with Gasteiger partial charge in [-0.2, -0.15) is 0 Å². The van der Waals surface area contributed by atoms with Crippen LogP contribution < -0.4 is 5.32 Å². The third-order valence-electron chi connectivity index (χ3n) is 8.92. The molecule has 2 aliphatic heterocycles. The molecule has 5 atom stereocenters. The summed E-state index contributed by atoms with van der Waals surface area (Å²) in [5, 5.41) is 21.7. The average molecular weight is 626 g/mol. The third kappa shape index (κ3) is 5.85. The van der Waals surface area contributed by atoms with Crippen LogP contribution in [-0.4, -0.2) is 58.6 Å². The van der Waals surface area contributed by atoms with Crippen LogP contribution in [0.2, 0.25) is 10.0 Å². The maximum absolute atomic E-state index is 16.0. The highest BCUT2D eigenvalue weighted by Crippen LogP contribution is 2.60. The van der Waals surface area contributed by atoms with Crippen molar-refractivity contribution in [2.75, 3.05) is 19.0 Å². The van der Waals surface area contributed by atoms with E-state index in [1.54, 1.807) is 13.1 Å². The Morgan fingerprint density at radius 2 is 1.88 bits per heavy atom. The molecule has 2 aliphatic rings. The molecular weight excluding hydrogens is 585 g/mol. The summed E-state index contributed by atoms with van der Waals surface area (Å²) in [7, 11) is 1.77. The Bertz CT molecular complexity index is 1350. The molecule has 6 nitrogen and oxygen atoms in total. The molecule has 2 aromatic rings. The monoisotopic (exact) mass is 624 g/mol. The van der Waals surface area contributed by atoms with Gasteiger partial charge in [-0.1, -0.05) is 63.0 Å². The number of amides is 1. The van der Waals surface area contributed by atoms with Gasteiger partial charge in [0.25, 0.3) is 0 Å². The van der Waals surface area contributed by atoms with Crippen LogP contribution in [0.4, 0.5) is 14.5 Å². The molecule has 1 fully saturated rings. The number of aliphatic hydroxyl groups is 2. The standard InChI is InChI=1S/C32H40Cl2F2N2O4/c1-17(2)14-31(3,4)15-26-32(20-12-23(35)22(34)13-24(20)37-30(32)42)27(19-9-7-10-21(33)28(19)36)29(38(26)5)25(41)11-6-8-18(40)16-39/h7,9-10,12-13,17-18,26-27,29,39-40H,6,8,11,14-16H2,1-5H3,(H,37,42)/t18-,26+,27-,29-,32-/m0/s1. The van der Waals surface area contributed by atoms with Gasteiger partial charge in [-0.15, -0.1) is 0 Å². The Labute approximate surface area is 256 Å². The molecule has 10 heteroatoms. The Balaban J connectivity index is 1.98. The summed E-state index contributed by atoms with van der Waals surface area (Å²) in [5.41, 5.74) is -1.07. The number of hydrogen-bond acceptors (Lipinski definition) is 5. The van der Waals surface area contributed by atoms with Crippen molar-refractivity contribution in [1.82, 2.24) is 4.90 Å². The van der Waals surface area contributed by atoms with Crippen molar-refractivity contribution in [2.45, 2.75) is 89.3 Å². The number of halogens is 4. The molecule has 4 rings (SSSR count). The van der Waals surface area contributed by atoms with E-state index in [9.17, 15) is 19.8 Å². The summed E-state index contributed by atoms with van der Waals surface area (Å²) in [6.07, 6.45) is 0.856. The van der Waals surface area contributed by atoms with Crippen molar-refractivity contribution < 1.29 is 28.6 Å². The first-order valence-electron chi connectivity index (χ1n) is 14.4. The van der Waals surface area contributed by atoms with Gasteiger partial charge < -0.3 is 15.5 Å². The van der Waals surface area contributed by atoms with Gasteiger partial charge in [-0.3, -0.25) is 14.5 Å². The number of anilines is 1. The number of fused-ring (bicyclic) bond motifs is 2. The number of nitrogens with zero attached hydrogens (tertiary/aromatic N) is 1. The molecule has 0 bridgehead atoms. The fourth-order valence-electron chi connectivity index (χ4n) is 7.54. The van der Waals surface area contributed by atoms with Gasteiger partial charge in [0.1, 0.15) is 17.0 Å². The smallest absolute Gasteiger partial charge is 0.237 e. The molecule has 2 heterocycles. The van der Waals surface area contributed by atoms with E-state index >= 15 is 8.78 Å². The molecule has 1 spiro atoms. The normalized spacial score (nSPS) is 24.9. The van der Waals surface area contributed by atoms with Gasteiger partial charge in [0.15, 0.2) is 5.78 Å². The number of Topliss-reactive ketones (excluding diaryl/α,β-unsaturated/α-hetero) is 1. The van der Waals surface area contributed by atoms with E-state index < -0.39 is 53.7 Å². The highest BCUT2D eigenvalue weighted by Gasteiger charge is 2.68. The summed E-state index contributed by atoms with van der Waals surface area (Å²) in [5.74, 6) is -2.84. The minimum absolute atomic E-state index is 0.0341. The van der Waals surface area contributed by atoms with Crippen molar-refractivity contribution >= 4 is 40.6 Å². The Morgan fingerprint density at radius 3 is 2.52 bits per heavy atom. The minimum atomic E-state index is -1.54. The van der Waals surface area contributed by atoms with Gasteiger partial charge >= 0.3 is 0 Å². The van der Waals surface area contributed by atoms with Crippen LogP contribution in [0, 0.1) is 23.0 Å². The number of hydrogen-bond donors (Lipinski definition) is 3. The molecule has 42 heavy (non-hydrogen) atoms. The first-order chi connectivity index (χ1) is 19.6. The highest BCUT2D eigenvalue weighted by molar-refractivity contribution is 6.31. The van der Waals surface area contributed by atoms with Crippen molar-refractivity contribution in [1.29, 1.82) is 0 Å². The van der Waals surface area contributed by atoms with Crippen molar-refractivity contribution in [3.05, 3.63) is 63.1 Å². The molecule has 0 unspecified atom stereocenters. The average Bonchev–Trinajstić information content (AvgIpc) is 3.31. The molecule has 3 N–H and O–H groups in total. The van der Waals surface area contributed by atoms with E-state index in [1.807, 2.05) is 4.90 Å². The number of carbonyl (C=O) groups excluding carboxylic acids is 2. The van der Waals surface area contributed by atoms with Gasteiger partial charge in [0.05, 0.1) is 28.8 Å². The second-order valence-corrected chi connectivity index (χ2v) is 13.9. The Kier molecular flexibility index (Phi) is 9.75. The number of nitrogens with one attached hydrogen (secondary N) is 1. The van der Waals surface area contributed by atoms with Crippen LogP contribution in [0.5, 0.6) is 0 Å². The Morgan fingerprint density at radius 1 is 1.19 bits per heavy atom. The van der Waals surface area contributed by atoms with Crippen molar-refractivity contribution in [3.63, 3.8) is 0 Å². The predicted octanol–water partition coefficient (Wildman–Crippen LogP) is 6.48. The second-order valence-electron chi connectivity index (χ2n) is 13.0. The van der Waals surface area contributed by atoms with Crippen molar-refractivity contribution in [3.8, 4) is 0 Å².